The molecule has 0 aliphatic carbocycles. The lowest BCUT2D eigenvalue weighted by Gasteiger charge is -2.24. The average molecular weight is 317 g/mol. The lowest BCUT2D eigenvalue weighted by molar-refractivity contribution is -0.129. The Hall–Kier alpha value is -1.83. The molecule has 0 saturated carbocycles. The highest BCUT2D eigenvalue weighted by Gasteiger charge is 2.27. The number of aliphatic hydroxyl groups is 1. The van der Waals surface area contributed by atoms with E-state index in [1.54, 1.807) is 20.8 Å². The quantitative estimate of drug-likeness (QED) is 0.520. The Labute approximate surface area is 130 Å². The fourth-order valence-corrected chi connectivity index (χ4v) is 1.63. The number of carbonyl (C=O) groups is 3. The van der Waals surface area contributed by atoms with Crippen molar-refractivity contribution in [2.45, 2.75) is 58.7 Å². The Bertz CT molecular complexity index is 404. The van der Waals surface area contributed by atoms with E-state index in [1.807, 2.05) is 13.8 Å². The second-order valence-electron chi connectivity index (χ2n) is 6.47. The number of hydrogen-bond acceptors (Lipinski definition) is 5. The Morgan fingerprint density at radius 1 is 1.14 bits per heavy atom. The van der Waals surface area contributed by atoms with Gasteiger partial charge in [-0.3, -0.25) is 9.59 Å². The van der Waals surface area contributed by atoms with Crippen LogP contribution in [0.2, 0.25) is 0 Å². The zero-order valence-corrected chi connectivity index (χ0v) is 13.8. The number of hydrogen-bond donors (Lipinski definition) is 4. The van der Waals surface area contributed by atoms with Crippen molar-refractivity contribution in [1.29, 1.82) is 0 Å². The predicted molar refractivity (Wildman–Crippen MR) is 80.8 cm³/mol. The Morgan fingerprint density at radius 2 is 1.68 bits per heavy atom. The second-order valence-corrected chi connectivity index (χ2v) is 6.47. The topological polar surface area (TPSA) is 131 Å². The molecule has 22 heavy (non-hydrogen) atoms. The van der Waals surface area contributed by atoms with Crippen molar-refractivity contribution in [1.82, 2.24) is 10.6 Å². The summed E-state index contributed by atoms with van der Waals surface area (Å²) in [6.07, 6.45) is -0.466. The summed E-state index contributed by atoms with van der Waals surface area (Å²) in [5.41, 5.74) is 4.50. The number of rotatable bonds is 7. The summed E-state index contributed by atoms with van der Waals surface area (Å²) in [6, 6.07) is -2.08. The summed E-state index contributed by atoms with van der Waals surface area (Å²) in [5.74, 6) is -1.22. The smallest absolute Gasteiger partial charge is 0.408 e. The van der Waals surface area contributed by atoms with Crippen LogP contribution in [0.3, 0.4) is 0 Å². The first-order chi connectivity index (χ1) is 9.96. The lowest BCUT2D eigenvalue weighted by Crippen LogP contribution is -2.55. The summed E-state index contributed by atoms with van der Waals surface area (Å²) in [4.78, 5) is 35.0. The van der Waals surface area contributed by atoms with Gasteiger partial charge in [0, 0.05) is 0 Å². The molecule has 0 fully saturated rings. The van der Waals surface area contributed by atoms with Crippen molar-refractivity contribution < 1.29 is 24.2 Å². The van der Waals surface area contributed by atoms with Crippen LogP contribution >= 0.6 is 0 Å². The molecule has 128 valence electrons. The van der Waals surface area contributed by atoms with E-state index in [-0.39, 0.29) is 5.92 Å². The molecule has 0 rings (SSSR count). The van der Waals surface area contributed by atoms with Gasteiger partial charge in [-0.05, 0) is 33.1 Å². The molecule has 0 bridgehead atoms. The van der Waals surface area contributed by atoms with Gasteiger partial charge in [-0.15, -0.1) is 0 Å². The van der Waals surface area contributed by atoms with Crippen LogP contribution in [-0.2, 0) is 14.3 Å². The van der Waals surface area contributed by atoms with Gasteiger partial charge in [0.25, 0.3) is 0 Å². The lowest BCUT2D eigenvalue weighted by atomic mass is 10.0. The first-order valence-electron chi connectivity index (χ1n) is 7.16. The molecule has 0 aliphatic rings. The van der Waals surface area contributed by atoms with Gasteiger partial charge in [-0.2, -0.15) is 0 Å². The summed E-state index contributed by atoms with van der Waals surface area (Å²) < 4.78 is 5.00. The third-order valence-corrected chi connectivity index (χ3v) is 2.56. The summed E-state index contributed by atoms with van der Waals surface area (Å²) in [5, 5.41) is 13.9. The minimum atomic E-state index is -1.22. The van der Waals surface area contributed by atoms with Crippen molar-refractivity contribution in [2.24, 2.45) is 11.7 Å². The normalized spacial score (nSPS) is 14.1. The van der Waals surface area contributed by atoms with E-state index in [0.717, 1.165) is 0 Å². The fourth-order valence-electron chi connectivity index (χ4n) is 1.63. The van der Waals surface area contributed by atoms with Crippen LogP contribution in [-0.4, -0.2) is 47.3 Å². The molecule has 8 nitrogen and oxygen atoms in total. The van der Waals surface area contributed by atoms with Gasteiger partial charge in [-0.1, -0.05) is 13.8 Å². The van der Waals surface area contributed by atoms with Crippen LogP contribution in [0.1, 0.15) is 41.0 Å². The number of primary amides is 1. The molecule has 0 aliphatic heterocycles. The zero-order chi connectivity index (χ0) is 17.5. The molecular formula is C14H27N3O5. The highest BCUT2D eigenvalue weighted by atomic mass is 16.6. The van der Waals surface area contributed by atoms with Crippen LogP contribution in [0.4, 0.5) is 4.79 Å². The molecule has 0 unspecified atom stereocenters. The first-order valence-corrected chi connectivity index (χ1v) is 7.16. The second kappa shape index (κ2) is 8.57. The van der Waals surface area contributed by atoms with Crippen LogP contribution in [0, 0.1) is 5.92 Å². The molecule has 0 saturated heterocycles. The maximum atomic E-state index is 12.0. The molecule has 0 heterocycles. The van der Waals surface area contributed by atoms with Crippen LogP contribution in [0.5, 0.6) is 0 Å². The molecule has 8 heteroatoms. The van der Waals surface area contributed by atoms with E-state index >= 15 is 0 Å². The van der Waals surface area contributed by atoms with Gasteiger partial charge in [0.05, 0.1) is 6.61 Å². The standard InChI is InChI=1S/C14H27N3O5/c1-8(2)6-9(11(15)19)16-12(20)10(7-18)17-13(21)22-14(3,4)5/h8-10,18H,6-7H2,1-5H3,(H2,15,19)(H,16,20)(H,17,21)/t9-,10+/m1/s1. The van der Waals surface area contributed by atoms with E-state index in [1.165, 1.54) is 0 Å². The third kappa shape index (κ3) is 8.46. The van der Waals surface area contributed by atoms with Crippen molar-refractivity contribution in [2.75, 3.05) is 6.61 Å². The van der Waals surface area contributed by atoms with E-state index < -0.39 is 42.2 Å². The Balaban J connectivity index is 4.69. The van der Waals surface area contributed by atoms with Gasteiger partial charge < -0.3 is 26.2 Å². The van der Waals surface area contributed by atoms with E-state index in [0.29, 0.717) is 6.42 Å². The van der Waals surface area contributed by atoms with Gasteiger partial charge in [0.1, 0.15) is 17.7 Å². The largest absolute Gasteiger partial charge is 0.444 e. The van der Waals surface area contributed by atoms with Gasteiger partial charge >= 0.3 is 6.09 Å². The number of ether oxygens (including phenoxy) is 1. The fraction of sp³-hybridized carbons (Fsp3) is 0.786. The molecule has 0 radical (unpaired) electrons. The predicted octanol–water partition coefficient (Wildman–Crippen LogP) is -0.112. The molecule has 0 aromatic carbocycles. The summed E-state index contributed by atoms with van der Waals surface area (Å²) in [6.45, 7) is 8.15. The molecular weight excluding hydrogens is 290 g/mol. The van der Waals surface area contributed by atoms with Gasteiger partial charge in [0.2, 0.25) is 11.8 Å². The average Bonchev–Trinajstić information content (AvgIpc) is 2.31. The highest BCUT2D eigenvalue weighted by Crippen LogP contribution is 2.07. The molecule has 5 N–H and O–H groups in total. The summed E-state index contributed by atoms with van der Waals surface area (Å²) >= 11 is 0. The van der Waals surface area contributed by atoms with Crippen molar-refractivity contribution in [3.63, 3.8) is 0 Å². The number of nitrogens with one attached hydrogen (secondary N) is 2. The third-order valence-electron chi connectivity index (χ3n) is 2.56. The van der Waals surface area contributed by atoms with Crippen molar-refractivity contribution >= 4 is 17.9 Å². The van der Waals surface area contributed by atoms with E-state index in [9.17, 15) is 19.5 Å². The number of alkyl carbamates (subject to hydrolysis) is 1. The van der Waals surface area contributed by atoms with Crippen molar-refractivity contribution in [3.05, 3.63) is 0 Å². The van der Waals surface area contributed by atoms with Crippen LogP contribution in [0.15, 0.2) is 0 Å². The van der Waals surface area contributed by atoms with E-state index in [2.05, 4.69) is 10.6 Å². The number of aliphatic hydroxyl groups excluding tert-OH is 1. The highest BCUT2D eigenvalue weighted by molar-refractivity contribution is 5.90. The monoisotopic (exact) mass is 317 g/mol. The number of carbonyl (C=O) groups excluding carboxylic acids is 3. The Morgan fingerprint density at radius 3 is 2.05 bits per heavy atom. The van der Waals surface area contributed by atoms with Crippen molar-refractivity contribution in [3.8, 4) is 0 Å². The molecule has 2 atom stereocenters. The summed E-state index contributed by atoms with van der Waals surface area (Å²) in [7, 11) is 0. The molecule has 3 amide bonds. The first kappa shape index (κ1) is 20.2. The van der Waals surface area contributed by atoms with Crippen LogP contribution < -0.4 is 16.4 Å². The number of amides is 3. The maximum Gasteiger partial charge on any atom is 0.408 e. The van der Waals surface area contributed by atoms with Gasteiger partial charge in [-0.25, -0.2) is 4.79 Å². The van der Waals surface area contributed by atoms with Crippen LogP contribution in [0.25, 0.3) is 0 Å². The minimum absolute atomic E-state index is 0.143. The SMILES string of the molecule is CC(C)C[C@@H](NC(=O)[C@H](CO)NC(=O)OC(C)(C)C)C(N)=O. The van der Waals surface area contributed by atoms with E-state index in [4.69, 9.17) is 10.5 Å². The maximum absolute atomic E-state index is 12.0. The molecule has 0 aromatic rings. The minimum Gasteiger partial charge on any atom is -0.444 e. The Kier molecular flexibility index (Phi) is 7.86. The number of nitrogens with two attached hydrogens (primary N) is 1. The molecule has 0 aromatic heterocycles. The van der Waals surface area contributed by atoms with Gasteiger partial charge in [0.15, 0.2) is 0 Å². The molecule has 0 spiro atoms. The zero-order valence-electron chi connectivity index (χ0n) is 13.8.